The lowest BCUT2D eigenvalue weighted by Crippen LogP contribution is -2.61. The number of nitriles is 1. The molecule has 212 valence electrons. The Bertz CT molecular complexity index is 1250. The number of rotatable bonds is 8. The van der Waals surface area contributed by atoms with Gasteiger partial charge in [0.05, 0.1) is 19.4 Å². The van der Waals surface area contributed by atoms with Gasteiger partial charge in [-0.05, 0) is 79.7 Å². The number of hydrogen-bond donors (Lipinski definition) is 3. The molecule has 4 bridgehead atoms. The summed E-state index contributed by atoms with van der Waals surface area (Å²) in [6, 6.07) is 11.2. The van der Waals surface area contributed by atoms with Crippen molar-refractivity contribution in [1.82, 2.24) is 15.3 Å². The first-order valence-corrected chi connectivity index (χ1v) is 15.4. The summed E-state index contributed by atoms with van der Waals surface area (Å²) in [5.74, 6) is 3.12. The predicted molar refractivity (Wildman–Crippen MR) is 154 cm³/mol. The zero-order valence-corrected chi connectivity index (χ0v) is 23.8. The van der Waals surface area contributed by atoms with Crippen LogP contribution >= 0.6 is 11.6 Å². The van der Waals surface area contributed by atoms with Crippen LogP contribution in [0.4, 0.5) is 11.8 Å². The van der Waals surface area contributed by atoms with E-state index in [1.165, 1.54) is 32.1 Å². The fourth-order valence-electron chi connectivity index (χ4n) is 8.73. The predicted octanol–water partition coefficient (Wildman–Crippen LogP) is 5.50. The lowest BCUT2D eigenvalue weighted by atomic mass is 9.47. The minimum Gasteiger partial charge on any atom is -0.368 e. The number of ether oxygens (including phenoxy) is 2. The molecule has 40 heavy (non-hydrogen) atoms. The summed E-state index contributed by atoms with van der Waals surface area (Å²) in [5.41, 5.74) is 1.74. The fourth-order valence-corrected chi connectivity index (χ4v) is 8.94. The number of nitrogens with one attached hydrogen (secondary N) is 3. The molecule has 1 aromatic carbocycles. The Morgan fingerprint density at radius 3 is 2.50 bits per heavy atom. The highest BCUT2D eigenvalue weighted by molar-refractivity contribution is 6.31. The first kappa shape index (κ1) is 26.5. The molecule has 1 spiro atoms. The van der Waals surface area contributed by atoms with Gasteiger partial charge in [-0.25, -0.2) is 4.98 Å². The zero-order chi connectivity index (χ0) is 27.2. The van der Waals surface area contributed by atoms with Gasteiger partial charge >= 0.3 is 0 Å². The summed E-state index contributed by atoms with van der Waals surface area (Å²) in [6.45, 7) is 2.87. The SMILES string of the molecule is N#Cc1cnc(NCc2ccccc2Cl)nc1NC[C@]12CC3C[C@H](C1)[C@@H](NC1CCC4(CC1)OCCO4)[C@@H](C3)C2. The number of benzene rings is 1. The average Bonchev–Trinajstić information content (AvgIpc) is 3.42. The van der Waals surface area contributed by atoms with Gasteiger partial charge in [-0.3, -0.25) is 0 Å². The molecule has 3 N–H and O–H groups in total. The van der Waals surface area contributed by atoms with Gasteiger partial charge in [-0.1, -0.05) is 29.8 Å². The van der Waals surface area contributed by atoms with Crippen LogP contribution in [0, 0.1) is 34.5 Å². The molecule has 6 aliphatic rings. The molecule has 1 unspecified atom stereocenters. The molecular weight excluding hydrogens is 524 g/mol. The van der Waals surface area contributed by atoms with Crippen molar-refractivity contribution in [1.29, 1.82) is 5.26 Å². The van der Waals surface area contributed by atoms with Crippen molar-refractivity contribution in [3.05, 3.63) is 46.6 Å². The number of hydrogen-bond acceptors (Lipinski definition) is 8. The van der Waals surface area contributed by atoms with E-state index in [0.717, 1.165) is 68.8 Å². The zero-order valence-electron chi connectivity index (χ0n) is 23.0. The van der Waals surface area contributed by atoms with E-state index in [1.54, 1.807) is 6.20 Å². The van der Waals surface area contributed by atoms with E-state index in [1.807, 2.05) is 24.3 Å². The maximum Gasteiger partial charge on any atom is 0.224 e. The van der Waals surface area contributed by atoms with Crippen molar-refractivity contribution in [2.45, 2.75) is 82.2 Å². The van der Waals surface area contributed by atoms with E-state index in [0.29, 0.717) is 41.0 Å². The van der Waals surface area contributed by atoms with E-state index in [2.05, 4.69) is 27.0 Å². The number of anilines is 2. The summed E-state index contributed by atoms with van der Waals surface area (Å²) < 4.78 is 11.9. The molecule has 1 saturated heterocycles. The van der Waals surface area contributed by atoms with Gasteiger partial charge in [0.1, 0.15) is 17.5 Å². The molecule has 0 amide bonds. The second-order valence-electron chi connectivity index (χ2n) is 12.9. The van der Waals surface area contributed by atoms with Crippen molar-refractivity contribution >= 4 is 23.4 Å². The Hall–Kier alpha value is -2.44. The van der Waals surface area contributed by atoms with Crippen LogP contribution in [-0.4, -0.2) is 47.6 Å². The second-order valence-corrected chi connectivity index (χ2v) is 13.3. The van der Waals surface area contributed by atoms with Gasteiger partial charge < -0.3 is 25.4 Å². The van der Waals surface area contributed by atoms with E-state index >= 15 is 0 Å². The summed E-state index contributed by atoms with van der Waals surface area (Å²) in [5, 5.41) is 21.5. The molecule has 5 aliphatic carbocycles. The minimum absolute atomic E-state index is 0.277. The highest BCUT2D eigenvalue weighted by atomic mass is 35.5. The number of halogens is 1. The van der Waals surface area contributed by atoms with E-state index in [9.17, 15) is 5.26 Å². The van der Waals surface area contributed by atoms with Crippen LogP contribution in [0.3, 0.4) is 0 Å². The van der Waals surface area contributed by atoms with Crippen molar-refractivity contribution in [3.63, 3.8) is 0 Å². The van der Waals surface area contributed by atoms with Gasteiger partial charge in [0.2, 0.25) is 5.95 Å². The van der Waals surface area contributed by atoms with Crippen LogP contribution in [0.15, 0.2) is 30.5 Å². The molecule has 6 fully saturated rings. The molecule has 9 heteroatoms. The largest absolute Gasteiger partial charge is 0.368 e. The summed E-state index contributed by atoms with van der Waals surface area (Å²) in [6.07, 6.45) is 12.4. The monoisotopic (exact) mass is 562 g/mol. The molecule has 1 aromatic heterocycles. The van der Waals surface area contributed by atoms with E-state index in [-0.39, 0.29) is 11.2 Å². The lowest BCUT2D eigenvalue weighted by molar-refractivity contribution is -0.180. The third-order valence-corrected chi connectivity index (χ3v) is 10.7. The van der Waals surface area contributed by atoms with Gasteiger partial charge in [-0.15, -0.1) is 0 Å². The molecule has 8 rings (SSSR count). The Morgan fingerprint density at radius 2 is 1.77 bits per heavy atom. The summed E-state index contributed by atoms with van der Waals surface area (Å²) >= 11 is 6.31. The number of aromatic nitrogens is 2. The normalized spacial score (nSPS) is 32.3. The highest BCUT2D eigenvalue weighted by Crippen LogP contribution is 2.60. The maximum absolute atomic E-state index is 9.74. The number of nitrogens with zero attached hydrogens (tertiary/aromatic N) is 3. The summed E-state index contributed by atoms with van der Waals surface area (Å²) in [7, 11) is 0. The standard InChI is InChI=1S/C31H39ClN6O2/c32-26-4-2-1-3-21(26)17-34-29-35-18-24(16-33)28(38-29)36-19-30-13-20-11-22(14-30)27(23(12-20)15-30)37-25-5-7-31(8-6-25)39-9-10-40-31/h1-4,18,20,22-23,25,27,37H,5-15,17,19H2,(H2,34,35,36,38)/t20?,22-,23+,27-,30-. The molecule has 2 aromatic rings. The van der Waals surface area contributed by atoms with Gasteiger partial charge in [0, 0.05) is 43.0 Å². The van der Waals surface area contributed by atoms with Crippen LogP contribution in [0.25, 0.3) is 0 Å². The van der Waals surface area contributed by atoms with Crippen LogP contribution in [-0.2, 0) is 16.0 Å². The topological polar surface area (TPSA) is 104 Å². The average molecular weight is 563 g/mol. The Balaban J connectivity index is 0.983. The smallest absolute Gasteiger partial charge is 0.224 e. The van der Waals surface area contributed by atoms with Gasteiger partial charge in [0.25, 0.3) is 0 Å². The molecule has 5 saturated carbocycles. The molecule has 8 nitrogen and oxygen atoms in total. The van der Waals surface area contributed by atoms with Crippen LogP contribution in [0.5, 0.6) is 0 Å². The quantitative estimate of drug-likeness (QED) is 0.388. The Morgan fingerprint density at radius 1 is 1.02 bits per heavy atom. The van der Waals surface area contributed by atoms with Crippen LogP contribution in [0.1, 0.15) is 68.9 Å². The van der Waals surface area contributed by atoms with Crippen LogP contribution < -0.4 is 16.0 Å². The highest BCUT2D eigenvalue weighted by Gasteiger charge is 2.55. The fraction of sp³-hybridized carbons (Fsp3) is 0.645. The van der Waals surface area contributed by atoms with Gasteiger partial charge in [-0.2, -0.15) is 10.2 Å². The molecule has 5 atom stereocenters. The molecule has 0 radical (unpaired) electrons. The minimum atomic E-state index is -0.286. The Kier molecular flexibility index (Phi) is 7.11. The second kappa shape index (κ2) is 10.8. The first-order valence-electron chi connectivity index (χ1n) is 15.0. The van der Waals surface area contributed by atoms with Crippen molar-refractivity contribution in [2.24, 2.45) is 23.2 Å². The third kappa shape index (κ3) is 5.18. The van der Waals surface area contributed by atoms with Crippen molar-refractivity contribution in [2.75, 3.05) is 30.4 Å². The maximum atomic E-state index is 9.74. The van der Waals surface area contributed by atoms with E-state index in [4.69, 9.17) is 26.1 Å². The lowest BCUT2D eigenvalue weighted by Gasteiger charge is -2.61. The first-order chi connectivity index (χ1) is 19.5. The molecular formula is C31H39ClN6O2. The van der Waals surface area contributed by atoms with Crippen molar-refractivity contribution < 1.29 is 9.47 Å². The Labute approximate surface area is 241 Å². The van der Waals surface area contributed by atoms with Crippen molar-refractivity contribution in [3.8, 4) is 6.07 Å². The van der Waals surface area contributed by atoms with Gasteiger partial charge in [0.15, 0.2) is 5.79 Å². The third-order valence-electron chi connectivity index (χ3n) is 10.3. The molecule has 1 aliphatic heterocycles. The summed E-state index contributed by atoms with van der Waals surface area (Å²) in [4.78, 5) is 9.06. The molecule has 2 heterocycles. The van der Waals surface area contributed by atoms with E-state index < -0.39 is 0 Å². The van der Waals surface area contributed by atoms with Crippen LogP contribution in [0.2, 0.25) is 5.02 Å².